The maximum Gasteiger partial charge on any atom is 0.335 e. The van der Waals surface area contributed by atoms with Crippen molar-refractivity contribution < 1.29 is 19.1 Å². The minimum Gasteiger partial charge on any atom is -0.488 e. The lowest BCUT2D eigenvalue weighted by molar-refractivity contribution is -0.122. The van der Waals surface area contributed by atoms with Crippen LogP contribution in [0.4, 0.5) is 10.5 Å². The van der Waals surface area contributed by atoms with Gasteiger partial charge in [-0.1, -0.05) is 53.5 Å². The summed E-state index contributed by atoms with van der Waals surface area (Å²) >= 11 is 15.6. The van der Waals surface area contributed by atoms with Crippen LogP contribution in [-0.2, 0) is 16.2 Å². The standard InChI is InChI=1S/C24H15BrCl2N2O4/c25-18-12-14(8-9-21(18)33-13-15-4-3-5-16(26)10-15)11-17-22(30)28-24(32)29(23(17)31)20-7-2-1-6-19(20)27/h1-12H,13H2,(H,28,30,32)/b17-11+. The topological polar surface area (TPSA) is 75.7 Å². The Morgan fingerprint density at radius 3 is 2.48 bits per heavy atom. The first kappa shape index (κ1) is 23.0. The zero-order chi connectivity index (χ0) is 23.5. The van der Waals surface area contributed by atoms with Gasteiger partial charge in [-0.3, -0.25) is 14.9 Å². The smallest absolute Gasteiger partial charge is 0.335 e. The molecule has 0 aliphatic carbocycles. The summed E-state index contributed by atoms with van der Waals surface area (Å²) in [5.74, 6) is -0.982. The molecule has 3 aromatic rings. The van der Waals surface area contributed by atoms with Gasteiger partial charge >= 0.3 is 6.03 Å². The lowest BCUT2D eigenvalue weighted by atomic mass is 10.1. The van der Waals surface area contributed by atoms with E-state index in [1.807, 2.05) is 18.2 Å². The lowest BCUT2D eigenvalue weighted by Crippen LogP contribution is -2.54. The van der Waals surface area contributed by atoms with Crippen LogP contribution in [0.15, 0.2) is 76.8 Å². The van der Waals surface area contributed by atoms with Crippen LogP contribution in [0.1, 0.15) is 11.1 Å². The van der Waals surface area contributed by atoms with Gasteiger partial charge in [-0.25, -0.2) is 9.69 Å². The molecule has 166 valence electrons. The van der Waals surface area contributed by atoms with Gasteiger partial charge in [0.25, 0.3) is 11.8 Å². The van der Waals surface area contributed by atoms with Crippen molar-refractivity contribution in [1.29, 1.82) is 0 Å². The number of para-hydroxylation sites is 1. The van der Waals surface area contributed by atoms with Gasteiger partial charge in [0.2, 0.25) is 0 Å². The third kappa shape index (κ3) is 5.11. The first-order valence-corrected chi connectivity index (χ1v) is 11.2. The summed E-state index contributed by atoms with van der Waals surface area (Å²) in [7, 11) is 0. The molecule has 0 radical (unpaired) electrons. The van der Waals surface area contributed by atoms with E-state index in [0.29, 0.717) is 27.4 Å². The van der Waals surface area contributed by atoms with E-state index in [2.05, 4.69) is 21.2 Å². The number of barbiturate groups is 1. The molecule has 3 aromatic carbocycles. The fraction of sp³-hybridized carbons (Fsp3) is 0.0417. The number of ether oxygens (including phenoxy) is 1. The molecule has 0 saturated carbocycles. The zero-order valence-electron chi connectivity index (χ0n) is 16.8. The molecule has 4 amide bonds. The largest absolute Gasteiger partial charge is 0.488 e. The van der Waals surface area contributed by atoms with E-state index >= 15 is 0 Å². The highest BCUT2D eigenvalue weighted by atomic mass is 79.9. The van der Waals surface area contributed by atoms with E-state index < -0.39 is 17.8 Å². The van der Waals surface area contributed by atoms with E-state index in [1.165, 1.54) is 12.1 Å². The average molecular weight is 546 g/mol. The number of nitrogens with one attached hydrogen (secondary N) is 1. The zero-order valence-corrected chi connectivity index (χ0v) is 19.9. The van der Waals surface area contributed by atoms with Crippen molar-refractivity contribution in [3.63, 3.8) is 0 Å². The van der Waals surface area contributed by atoms with E-state index in [0.717, 1.165) is 10.5 Å². The van der Waals surface area contributed by atoms with Gasteiger partial charge in [-0.15, -0.1) is 0 Å². The maximum atomic E-state index is 13.0. The van der Waals surface area contributed by atoms with Gasteiger partial charge in [-0.05, 0) is 69.5 Å². The number of benzene rings is 3. The number of hydrogen-bond donors (Lipinski definition) is 1. The Morgan fingerprint density at radius 1 is 0.970 bits per heavy atom. The molecule has 1 saturated heterocycles. The normalized spacial score (nSPS) is 15.1. The second-order valence-electron chi connectivity index (χ2n) is 7.02. The molecular weight excluding hydrogens is 531 g/mol. The molecule has 0 atom stereocenters. The molecule has 1 aliphatic rings. The molecule has 1 heterocycles. The number of carbonyl (C=O) groups excluding carboxylic acids is 3. The van der Waals surface area contributed by atoms with Gasteiger partial charge in [0, 0.05) is 5.02 Å². The minimum atomic E-state index is -0.860. The summed E-state index contributed by atoms with van der Waals surface area (Å²) in [6.45, 7) is 0.315. The summed E-state index contributed by atoms with van der Waals surface area (Å²) in [6, 6.07) is 18.0. The van der Waals surface area contributed by atoms with Crippen LogP contribution in [0.3, 0.4) is 0 Å². The molecule has 0 spiro atoms. The molecule has 1 fully saturated rings. The third-order valence-electron chi connectivity index (χ3n) is 4.75. The van der Waals surface area contributed by atoms with Crippen LogP contribution in [0.2, 0.25) is 10.0 Å². The van der Waals surface area contributed by atoms with E-state index in [4.69, 9.17) is 27.9 Å². The van der Waals surface area contributed by atoms with Crippen molar-refractivity contribution in [3.8, 4) is 5.75 Å². The molecule has 1 aliphatic heterocycles. The predicted molar refractivity (Wildman–Crippen MR) is 130 cm³/mol. The quantitative estimate of drug-likeness (QED) is 0.315. The van der Waals surface area contributed by atoms with Crippen molar-refractivity contribution >= 4 is 68.7 Å². The van der Waals surface area contributed by atoms with Crippen LogP contribution in [0, 0.1) is 0 Å². The molecule has 1 N–H and O–H groups in total. The third-order valence-corrected chi connectivity index (χ3v) is 5.92. The van der Waals surface area contributed by atoms with Crippen LogP contribution < -0.4 is 15.0 Å². The molecule has 6 nitrogen and oxygen atoms in total. The number of anilines is 1. The van der Waals surface area contributed by atoms with Gasteiger partial charge in [0.15, 0.2) is 0 Å². The summed E-state index contributed by atoms with van der Waals surface area (Å²) in [6.07, 6.45) is 1.40. The first-order chi connectivity index (χ1) is 15.8. The molecule has 0 unspecified atom stereocenters. The fourth-order valence-electron chi connectivity index (χ4n) is 3.19. The van der Waals surface area contributed by atoms with Gasteiger partial charge in [0.1, 0.15) is 17.9 Å². The Balaban J connectivity index is 1.57. The predicted octanol–water partition coefficient (Wildman–Crippen LogP) is 6.00. The SMILES string of the molecule is O=C1NC(=O)N(c2ccccc2Cl)C(=O)/C1=C/c1ccc(OCc2cccc(Cl)c2)c(Br)c1. The Morgan fingerprint density at radius 2 is 1.76 bits per heavy atom. The maximum absolute atomic E-state index is 13.0. The second kappa shape index (κ2) is 9.79. The minimum absolute atomic E-state index is 0.186. The van der Waals surface area contributed by atoms with E-state index in [-0.39, 0.29) is 16.3 Å². The second-order valence-corrected chi connectivity index (χ2v) is 8.72. The highest BCUT2D eigenvalue weighted by Crippen LogP contribution is 2.31. The van der Waals surface area contributed by atoms with Crippen molar-refractivity contribution in [2.75, 3.05) is 4.90 Å². The first-order valence-electron chi connectivity index (χ1n) is 9.66. The lowest BCUT2D eigenvalue weighted by Gasteiger charge is -2.27. The Hall–Kier alpha value is -3.13. The summed E-state index contributed by atoms with van der Waals surface area (Å²) in [5, 5.41) is 3.01. The summed E-state index contributed by atoms with van der Waals surface area (Å²) in [4.78, 5) is 38.6. The van der Waals surface area contributed by atoms with Crippen LogP contribution in [-0.4, -0.2) is 17.8 Å². The van der Waals surface area contributed by atoms with E-state index in [1.54, 1.807) is 42.5 Å². The van der Waals surface area contributed by atoms with Crippen molar-refractivity contribution in [1.82, 2.24) is 5.32 Å². The number of hydrogen-bond acceptors (Lipinski definition) is 4. The van der Waals surface area contributed by atoms with E-state index in [9.17, 15) is 14.4 Å². The number of halogens is 3. The molecule has 33 heavy (non-hydrogen) atoms. The van der Waals surface area contributed by atoms with Crippen LogP contribution in [0.5, 0.6) is 5.75 Å². The van der Waals surface area contributed by atoms with Crippen molar-refractivity contribution in [3.05, 3.63) is 97.9 Å². The van der Waals surface area contributed by atoms with Crippen LogP contribution >= 0.6 is 39.1 Å². The Bertz CT molecular complexity index is 1310. The van der Waals surface area contributed by atoms with Crippen molar-refractivity contribution in [2.24, 2.45) is 0 Å². The number of carbonyl (C=O) groups is 3. The molecule has 4 rings (SSSR count). The monoisotopic (exact) mass is 544 g/mol. The van der Waals surface area contributed by atoms with Gasteiger partial charge in [-0.2, -0.15) is 0 Å². The summed E-state index contributed by atoms with van der Waals surface area (Å²) < 4.78 is 6.45. The fourth-order valence-corrected chi connectivity index (χ4v) is 4.13. The molecule has 0 bridgehead atoms. The number of amides is 4. The Labute approximate surface area is 207 Å². The Kier molecular flexibility index (Phi) is 6.83. The highest BCUT2D eigenvalue weighted by Gasteiger charge is 2.37. The number of urea groups is 1. The average Bonchev–Trinajstić information content (AvgIpc) is 2.77. The highest BCUT2D eigenvalue weighted by molar-refractivity contribution is 9.10. The number of imide groups is 2. The molecular formula is C24H15BrCl2N2O4. The number of nitrogens with zero attached hydrogens (tertiary/aromatic N) is 1. The van der Waals surface area contributed by atoms with Gasteiger partial charge < -0.3 is 4.74 Å². The summed E-state index contributed by atoms with van der Waals surface area (Å²) in [5.41, 5.74) is 1.46. The van der Waals surface area contributed by atoms with Crippen LogP contribution in [0.25, 0.3) is 6.08 Å². The van der Waals surface area contributed by atoms with Crippen molar-refractivity contribution in [2.45, 2.75) is 6.61 Å². The van der Waals surface area contributed by atoms with Gasteiger partial charge in [0.05, 0.1) is 15.2 Å². The molecule has 0 aromatic heterocycles. The molecule has 9 heteroatoms. The number of rotatable bonds is 5.